The van der Waals surface area contributed by atoms with Crippen LogP contribution in [-0.4, -0.2) is 32.1 Å². The fraction of sp³-hybridized carbons (Fsp3) is 0.250. The Balaban J connectivity index is 2.42. The number of rotatable bonds is 5. The summed E-state index contributed by atoms with van der Waals surface area (Å²) in [5, 5.41) is 17.6. The minimum Gasteiger partial charge on any atom is -0.481 e. The van der Waals surface area contributed by atoms with Gasteiger partial charge in [0.15, 0.2) is 0 Å². The van der Waals surface area contributed by atoms with E-state index >= 15 is 0 Å². The van der Waals surface area contributed by atoms with Crippen molar-refractivity contribution in [2.75, 3.05) is 0 Å². The number of nitrogens with zero attached hydrogens (tertiary/aromatic N) is 1. The van der Waals surface area contributed by atoms with Crippen LogP contribution in [0.15, 0.2) is 18.3 Å². The monoisotopic (exact) mass is 248 g/mol. The predicted molar refractivity (Wildman–Crippen MR) is 63.4 cm³/mol. The summed E-state index contributed by atoms with van der Waals surface area (Å²) in [4.78, 5) is 28.6. The van der Waals surface area contributed by atoms with Gasteiger partial charge in [-0.15, -0.1) is 0 Å². The number of aromatic amines is 1. The van der Waals surface area contributed by atoms with Gasteiger partial charge in [0.1, 0.15) is 0 Å². The van der Waals surface area contributed by atoms with Gasteiger partial charge in [-0.2, -0.15) is 0 Å². The van der Waals surface area contributed by atoms with Crippen molar-refractivity contribution in [3.05, 3.63) is 29.6 Å². The number of aliphatic carboxylic acids is 2. The van der Waals surface area contributed by atoms with E-state index in [1.807, 2.05) is 0 Å². The molecule has 0 saturated heterocycles. The van der Waals surface area contributed by atoms with E-state index < -0.39 is 11.9 Å². The summed E-state index contributed by atoms with van der Waals surface area (Å²) in [6.45, 7) is 0. The lowest BCUT2D eigenvalue weighted by Crippen LogP contribution is -2.05. The molecule has 0 unspecified atom stereocenters. The number of pyridine rings is 1. The second-order valence-corrected chi connectivity index (χ2v) is 3.95. The van der Waals surface area contributed by atoms with Crippen molar-refractivity contribution in [3.63, 3.8) is 0 Å². The normalized spacial score (nSPS) is 10.7. The molecule has 0 aliphatic carbocycles. The van der Waals surface area contributed by atoms with Crippen LogP contribution >= 0.6 is 0 Å². The largest absolute Gasteiger partial charge is 0.481 e. The zero-order chi connectivity index (χ0) is 13.1. The Bertz CT molecular complexity index is 603. The summed E-state index contributed by atoms with van der Waals surface area (Å²) in [6.07, 6.45) is 1.65. The van der Waals surface area contributed by atoms with Crippen LogP contribution in [0.3, 0.4) is 0 Å². The summed E-state index contributed by atoms with van der Waals surface area (Å²) in [6, 6.07) is 3.53. The van der Waals surface area contributed by atoms with Crippen LogP contribution in [0.5, 0.6) is 0 Å². The number of hydrogen-bond donors (Lipinski definition) is 3. The highest BCUT2D eigenvalue weighted by Crippen LogP contribution is 2.22. The molecule has 18 heavy (non-hydrogen) atoms. The Hall–Kier alpha value is -2.37. The number of hydrogen-bond acceptors (Lipinski definition) is 3. The summed E-state index contributed by atoms with van der Waals surface area (Å²) in [7, 11) is 0. The number of carboxylic acids is 2. The maximum atomic E-state index is 10.8. The molecule has 0 aliphatic rings. The molecule has 2 rings (SSSR count). The van der Waals surface area contributed by atoms with Crippen molar-refractivity contribution in [2.45, 2.75) is 19.3 Å². The van der Waals surface area contributed by atoms with Crippen molar-refractivity contribution in [1.29, 1.82) is 0 Å². The van der Waals surface area contributed by atoms with Crippen molar-refractivity contribution in [1.82, 2.24) is 9.97 Å². The van der Waals surface area contributed by atoms with E-state index in [-0.39, 0.29) is 19.3 Å². The minimum atomic E-state index is -0.960. The minimum absolute atomic E-state index is 0.0422. The summed E-state index contributed by atoms with van der Waals surface area (Å²) in [5.41, 5.74) is 2.53. The van der Waals surface area contributed by atoms with Gasteiger partial charge in [-0.3, -0.25) is 14.6 Å². The fourth-order valence-corrected chi connectivity index (χ4v) is 1.91. The van der Waals surface area contributed by atoms with Crippen LogP contribution in [-0.2, 0) is 22.4 Å². The molecular formula is C12H12N2O4. The second kappa shape index (κ2) is 4.87. The molecule has 0 aromatic carbocycles. The Labute approximate surface area is 102 Å². The Morgan fingerprint density at radius 1 is 1.28 bits per heavy atom. The predicted octanol–water partition coefficient (Wildman–Crippen LogP) is 1.21. The van der Waals surface area contributed by atoms with E-state index in [0.717, 1.165) is 5.52 Å². The first-order valence-electron chi connectivity index (χ1n) is 5.46. The third kappa shape index (κ3) is 2.48. The van der Waals surface area contributed by atoms with Gasteiger partial charge in [0.2, 0.25) is 0 Å². The molecule has 94 valence electrons. The summed E-state index contributed by atoms with van der Waals surface area (Å²) >= 11 is 0. The van der Waals surface area contributed by atoms with Crippen molar-refractivity contribution in [2.24, 2.45) is 0 Å². The van der Waals surface area contributed by atoms with Crippen molar-refractivity contribution < 1.29 is 19.8 Å². The summed E-state index contributed by atoms with van der Waals surface area (Å²) in [5.74, 6) is -1.87. The molecule has 2 heterocycles. The number of carbonyl (C=O) groups is 2. The topological polar surface area (TPSA) is 103 Å². The second-order valence-electron chi connectivity index (χ2n) is 3.95. The highest BCUT2D eigenvalue weighted by molar-refractivity contribution is 5.85. The number of fused-ring (bicyclic) bond motifs is 1. The maximum absolute atomic E-state index is 10.8. The quantitative estimate of drug-likeness (QED) is 0.737. The van der Waals surface area contributed by atoms with E-state index in [1.54, 1.807) is 18.3 Å². The molecule has 0 bridgehead atoms. The highest BCUT2D eigenvalue weighted by Gasteiger charge is 2.15. The molecule has 0 atom stereocenters. The Kier molecular flexibility index (Phi) is 3.27. The molecule has 6 nitrogen and oxygen atoms in total. The number of carboxylic acid groups (broad SMARTS) is 2. The maximum Gasteiger partial charge on any atom is 0.307 e. The van der Waals surface area contributed by atoms with Gasteiger partial charge in [-0.05, 0) is 18.6 Å². The first-order chi connectivity index (χ1) is 8.58. The molecule has 0 fully saturated rings. The van der Waals surface area contributed by atoms with Crippen molar-refractivity contribution in [3.8, 4) is 0 Å². The van der Waals surface area contributed by atoms with Gasteiger partial charge in [0.25, 0.3) is 0 Å². The van der Waals surface area contributed by atoms with Crippen LogP contribution < -0.4 is 0 Å². The third-order valence-corrected chi connectivity index (χ3v) is 2.66. The average molecular weight is 248 g/mol. The molecule has 0 radical (unpaired) electrons. The number of aryl methyl sites for hydroxylation is 1. The lowest BCUT2D eigenvalue weighted by Gasteiger charge is -2.00. The summed E-state index contributed by atoms with van der Waals surface area (Å²) < 4.78 is 0. The first kappa shape index (κ1) is 12.1. The molecule has 0 spiro atoms. The fourth-order valence-electron chi connectivity index (χ4n) is 1.91. The van der Waals surface area contributed by atoms with Crippen LogP contribution in [0.4, 0.5) is 0 Å². The van der Waals surface area contributed by atoms with Gasteiger partial charge in [-0.25, -0.2) is 0 Å². The van der Waals surface area contributed by atoms with Gasteiger partial charge < -0.3 is 15.2 Å². The average Bonchev–Trinajstić information content (AvgIpc) is 2.64. The molecule has 6 heteroatoms. The van der Waals surface area contributed by atoms with E-state index in [2.05, 4.69) is 9.97 Å². The molecule has 2 aromatic heterocycles. The molecule has 3 N–H and O–H groups in total. The van der Waals surface area contributed by atoms with Crippen LogP contribution in [0, 0.1) is 0 Å². The van der Waals surface area contributed by atoms with Gasteiger partial charge in [0, 0.05) is 17.5 Å². The highest BCUT2D eigenvalue weighted by atomic mass is 16.4. The van der Waals surface area contributed by atoms with Crippen LogP contribution in [0.2, 0.25) is 0 Å². The Morgan fingerprint density at radius 3 is 2.72 bits per heavy atom. The molecule has 0 aliphatic heterocycles. The van der Waals surface area contributed by atoms with Gasteiger partial charge in [-0.1, -0.05) is 0 Å². The van der Waals surface area contributed by atoms with E-state index in [4.69, 9.17) is 10.2 Å². The van der Waals surface area contributed by atoms with Gasteiger partial charge >= 0.3 is 11.9 Å². The lowest BCUT2D eigenvalue weighted by molar-refractivity contribution is -0.137. The number of H-pyrrole nitrogens is 1. The van der Waals surface area contributed by atoms with Crippen molar-refractivity contribution >= 4 is 23.0 Å². The molecule has 2 aromatic rings. The van der Waals surface area contributed by atoms with Crippen LogP contribution in [0.1, 0.15) is 17.7 Å². The van der Waals surface area contributed by atoms with Gasteiger partial charge in [0.05, 0.1) is 23.9 Å². The van der Waals surface area contributed by atoms with Crippen LogP contribution in [0.25, 0.3) is 11.0 Å². The molecule has 0 amide bonds. The lowest BCUT2D eigenvalue weighted by atomic mass is 10.1. The number of nitrogens with one attached hydrogen (secondary N) is 1. The molecular weight excluding hydrogens is 236 g/mol. The standard InChI is InChI=1S/C12H12N2O4/c15-10(16)4-3-8-7(6-11(17)18)12-9(14-8)2-1-5-13-12/h1-2,5,14H,3-4,6H2,(H,15,16)(H,17,18). The third-order valence-electron chi connectivity index (χ3n) is 2.66. The SMILES string of the molecule is O=C(O)CCc1[nH]c2cccnc2c1CC(=O)O. The van der Waals surface area contributed by atoms with E-state index in [1.165, 1.54) is 0 Å². The first-order valence-corrected chi connectivity index (χ1v) is 5.46. The smallest absolute Gasteiger partial charge is 0.307 e. The number of aromatic nitrogens is 2. The van der Waals surface area contributed by atoms with E-state index in [0.29, 0.717) is 16.8 Å². The molecule has 0 saturated carbocycles. The van der Waals surface area contributed by atoms with E-state index in [9.17, 15) is 9.59 Å². The zero-order valence-corrected chi connectivity index (χ0v) is 9.51. The Morgan fingerprint density at radius 2 is 2.06 bits per heavy atom. The zero-order valence-electron chi connectivity index (χ0n) is 9.51.